The molecule has 0 spiro atoms. The molecule has 6 nitrogen and oxygen atoms in total. The summed E-state index contributed by atoms with van der Waals surface area (Å²) in [5, 5.41) is 2.84. The lowest BCUT2D eigenvalue weighted by molar-refractivity contribution is 0.0596. The molecule has 1 heterocycles. The molecule has 0 amide bonds. The van der Waals surface area contributed by atoms with Crippen LogP contribution in [-0.4, -0.2) is 40.3 Å². The third kappa shape index (κ3) is 6.05. The summed E-state index contributed by atoms with van der Waals surface area (Å²) in [6.45, 7) is 15.4. The second-order valence-corrected chi connectivity index (χ2v) is 12.5. The second-order valence-electron chi connectivity index (χ2n) is 9.34. The highest BCUT2D eigenvalue weighted by atomic mass is 32.1. The van der Waals surface area contributed by atoms with Crippen molar-refractivity contribution in [3.8, 4) is 39.1 Å². The van der Waals surface area contributed by atoms with Crippen LogP contribution in [0.15, 0.2) is 35.7 Å². The van der Waals surface area contributed by atoms with E-state index < -0.39 is 15.0 Å². The van der Waals surface area contributed by atoms with Crippen molar-refractivity contribution in [3.63, 3.8) is 0 Å². The van der Waals surface area contributed by atoms with E-state index in [0.717, 1.165) is 27.4 Å². The molecule has 0 radical (unpaired) electrons. The standard InChI is InChI=1S/C27H35NO5SSi/c1-9-31-21-14-11-17(15-22(21)32-10-2)25-28-20(16-34-25)18-12-13-19(27(3,4)5)23(26(29)30-6)24(18)33-35(7)8/h11-16,35H,9-10H2,1-8H3. The summed E-state index contributed by atoms with van der Waals surface area (Å²) < 4.78 is 23.0. The lowest BCUT2D eigenvalue weighted by atomic mass is 9.82. The third-order valence-electron chi connectivity index (χ3n) is 5.28. The Balaban J connectivity index is 2.14. The lowest BCUT2D eigenvalue weighted by Crippen LogP contribution is -2.22. The molecule has 0 fully saturated rings. The molecule has 0 saturated carbocycles. The predicted molar refractivity (Wildman–Crippen MR) is 145 cm³/mol. The summed E-state index contributed by atoms with van der Waals surface area (Å²) in [6, 6.07) is 9.84. The van der Waals surface area contributed by atoms with E-state index in [9.17, 15) is 4.79 Å². The Kier molecular flexibility index (Phi) is 8.61. The number of thiazole rings is 1. The minimum absolute atomic E-state index is 0.260. The highest BCUT2D eigenvalue weighted by Gasteiger charge is 2.29. The van der Waals surface area contributed by atoms with Gasteiger partial charge in [-0.25, -0.2) is 9.78 Å². The Morgan fingerprint density at radius 2 is 1.71 bits per heavy atom. The molecule has 3 rings (SSSR count). The van der Waals surface area contributed by atoms with Gasteiger partial charge in [0.05, 0.1) is 26.0 Å². The van der Waals surface area contributed by atoms with Crippen molar-refractivity contribution in [2.24, 2.45) is 0 Å². The number of methoxy groups -OCH3 is 1. The molecule has 0 aliphatic heterocycles. The van der Waals surface area contributed by atoms with E-state index in [1.807, 2.05) is 49.6 Å². The fourth-order valence-corrected chi connectivity index (χ4v) is 5.32. The Labute approximate surface area is 214 Å². The number of benzene rings is 2. The fourth-order valence-electron chi connectivity index (χ4n) is 3.79. The second kappa shape index (κ2) is 11.3. The maximum atomic E-state index is 12.9. The summed E-state index contributed by atoms with van der Waals surface area (Å²) >= 11 is 1.53. The highest BCUT2D eigenvalue weighted by Crippen LogP contribution is 2.42. The largest absolute Gasteiger partial charge is 0.546 e. The van der Waals surface area contributed by atoms with Crippen molar-refractivity contribution in [2.45, 2.75) is 53.1 Å². The summed E-state index contributed by atoms with van der Waals surface area (Å²) in [6.07, 6.45) is 0. The van der Waals surface area contributed by atoms with E-state index in [-0.39, 0.29) is 5.41 Å². The molecule has 0 aliphatic carbocycles. The van der Waals surface area contributed by atoms with Crippen LogP contribution in [0.2, 0.25) is 13.1 Å². The molecule has 0 unspecified atom stereocenters. The van der Waals surface area contributed by atoms with Crippen LogP contribution in [0.3, 0.4) is 0 Å². The zero-order valence-electron chi connectivity index (χ0n) is 21.9. The van der Waals surface area contributed by atoms with Crippen LogP contribution in [-0.2, 0) is 10.2 Å². The number of nitrogens with zero attached hydrogens (tertiary/aromatic N) is 1. The van der Waals surface area contributed by atoms with Gasteiger partial charge in [0.25, 0.3) is 0 Å². The molecule has 0 aliphatic rings. The minimum Gasteiger partial charge on any atom is -0.546 e. The first-order valence-electron chi connectivity index (χ1n) is 11.9. The molecule has 0 atom stereocenters. The van der Waals surface area contributed by atoms with E-state index in [2.05, 4.69) is 33.9 Å². The third-order valence-corrected chi connectivity index (χ3v) is 6.88. The first-order valence-corrected chi connectivity index (χ1v) is 15.5. The molecule has 2 aromatic carbocycles. The van der Waals surface area contributed by atoms with Crippen LogP contribution in [0.4, 0.5) is 0 Å². The van der Waals surface area contributed by atoms with E-state index in [4.69, 9.17) is 23.6 Å². The van der Waals surface area contributed by atoms with Gasteiger partial charge in [0, 0.05) is 16.5 Å². The maximum Gasteiger partial charge on any atom is 0.341 e. The van der Waals surface area contributed by atoms with Crippen molar-refractivity contribution in [1.29, 1.82) is 0 Å². The molecule has 0 saturated heterocycles. The molecule has 0 N–H and O–H groups in total. The Hall–Kier alpha value is -2.84. The normalized spacial score (nSPS) is 11.5. The van der Waals surface area contributed by atoms with Crippen LogP contribution in [0, 0.1) is 0 Å². The zero-order valence-corrected chi connectivity index (χ0v) is 23.8. The van der Waals surface area contributed by atoms with Gasteiger partial charge in [0.1, 0.15) is 16.3 Å². The number of carbonyl (C=O) groups excluding carboxylic acids is 1. The number of aromatic nitrogens is 1. The van der Waals surface area contributed by atoms with Crippen molar-refractivity contribution in [2.75, 3.05) is 20.3 Å². The number of esters is 1. The fraction of sp³-hybridized carbons (Fsp3) is 0.407. The topological polar surface area (TPSA) is 66.9 Å². The van der Waals surface area contributed by atoms with E-state index in [1.54, 1.807) is 0 Å². The highest BCUT2D eigenvalue weighted by molar-refractivity contribution is 7.13. The van der Waals surface area contributed by atoms with Gasteiger partial charge in [0.15, 0.2) is 11.5 Å². The van der Waals surface area contributed by atoms with Crippen LogP contribution in [0.5, 0.6) is 17.2 Å². The van der Waals surface area contributed by atoms with Gasteiger partial charge in [-0.3, -0.25) is 0 Å². The molecular formula is C27H35NO5SSi. The first-order chi connectivity index (χ1) is 16.6. The number of carbonyl (C=O) groups is 1. The van der Waals surface area contributed by atoms with Crippen LogP contribution < -0.4 is 13.9 Å². The van der Waals surface area contributed by atoms with Gasteiger partial charge in [0.2, 0.25) is 9.04 Å². The summed E-state index contributed by atoms with van der Waals surface area (Å²) in [5.41, 5.74) is 3.59. The Morgan fingerprint density at radius 1 is 1.03 bits per heavy atom. The van der Waals surface area contributed by atoms with Gasteiger partial charge in [-0.15, -0.1) is 11.3 Å². The zero-order chi connectivity index (χ0) is 25.8. The SMILES string of the molecule is CCOc1ccc(-c2nc(-c3ccc(C(C)(C)C)c(C(=O)OC)c3O[SiH](C)C)cs2)cc1OCC. The molecule has 3 aromatic rings. The van der Waals surface area contributed by atoms with Crippen LogP contribution in [0.1, 0.15) is 50.5 Å². The summed E-state index contributed by atoms with van der Waals surface area (Å²) in [4.78, 5) is 17.9. The molecule has 188 valence electrons. The van der Waals surface area contributed by atoms with Gasteiger partial charge >= 0.3 is 5.97 Å². The summed E-state index contributed by atoms with van der Waals surface area (Å²) in [7, 11) is -0.143. The van der Waals surface area contributed by atoms with Crippen molar-refractivity contribution < 1.29 is 23.4 Å². The predicted octanol–water partition coefficient (Wildman–Crippen LogP) is 6.72. The molecule has 0 bridgehead atoms. The average Bonchev–Trinajstić information content (AvgIpc) is 3.28. The number of rotatable bonds is 9. The van der Waals surface area contributed by atoms with E-state index in [1.165, 1.54) is 18.4 Å². The van der Waals surface area contributed by atoms with Gasteiger partial charge in [-0.1, -0.05) is 26.8 Å². The molecular weight excluding hydrogens is 478 g/mol. The number of ether oxygens (including phenoxy) is 3. The Morgan fingerprint density at radius 3 is 2.31 bits per heavy atom. The van der Waals surface area contributed by atoms with Gasteiger partial charge in [-0.2, -0.15) is 0 Å². The van der Waals surface area contributed by atoms with Gasteiger partial charge in [-0.05, 0) is 62.2 Å². The molecule has 1 aromatic heterocycles. The maximum absolute atomic E-state index is 12.9. The Bertz CT molecular complexity index is 1180. The molecule has 35 heavy (non-hydrogen) atoms. The summed E-state index contributed by atoms with van der Waals surface area (Å²) in [5.74, 6) is 1.57. The monoisotopic (exact) mass is 513 g/mol. The quantitative estimate of drug-likeness (QED) is 0.234. The van der Waals surface area contributed by atoms with Crippen LogP contribution in [0.25, 0.3) is 21.8 Å². The molecule has 8 heteroatoms. The smallest absolute Gasteiger partial charge is 0.341 e. The number of hydrogen-bond donors (Lipinski definition) is 0. The van der Waals surface area contributed by atoms with Crippen LogP contribution >= 0.6 is 11.3 Å². The van der Waals surface area contributed by atoms with E-state index in [0.29, 0.717) is 36.0 Å². The van der Waals surface area contributed by atoms with E-state index >= 15 is 0 Å². The number of hydrogen-bond acceptors (Lipinski definition) is 7. The van der Waals surface area contributed by atoms with Crippen molar-refractivity contribution in [3.05, 3.63) is 46.8 Å². The van der Waals surface area contributed by atoms with Crippen molar-refractivity contribution >= 4 is 26.3 Å². The average molecular weight is 514 g/mol. The minimum atomic E-state index is -1.55. The lowest BCUT2D eigenvalue weighted by Gasteiger charge is -2.26. The van der Waals surface area contributed by atoms with Gasteiger partial charge < -0.3 is 18.6 Å². The first kappa shape index (κ1) is 26.8. The van der Waals surface area contributed by atoms with Crippen molar-refractivity contribution in [1.82, 2.24) is 4.98 Å².